The Labute approximate surface area is 107 Å². The Balaban J connectivity index is 1.59. The normalized spacial score (nSPS) is 45.6. The molecule has 0 aromatic heterocycles. The Kier molecular flexibility index (Phi) is 3.55. The van der Waals surface area contributed by atoms with Crippen LogP contribution in [0.3, 0.4) is 0 Å². The highest BCUT2D eigenvalue weighted by Crippen LogP contribution is 2.32. The van der Waals surface area contributed by atoms with Gasteiger partial charge in [0.25, 0.3) is 0 Å². The second-order valence-corrected chi connectivity index (χ2v) is 7.13. The molecule has 1 aliphatic heterocycles. The van der Waals surface area contributed by atoms with Crippen LogP contribution < -0.4 is 10.6 Å². The zero-order valence-electron chi connectivity index (χ0n) is 9.92. The molecule has 0 radical (unpaired) electrons. The van der Waals surface area contributed by atoms with Gasteiger partial charge in [0, 0.05) is 16.9 Å². The first-order valence-electron chi connectivity index (χ1n) is 6.99. The third-order valence-electron chi connectivity index (χ3n) is 4.69. The molecular formula is C13H23BrN2. The molecule has 3 fully saturated rings. The summed E-state index contributed by atoms with van der Waals surface area (Å²) in [4.78, 5) is 0.744. The average molecular weight is 287 g/mol. The Morgan fingerprint density at radius 3 is 2.38 bits per heavy atom. The van der Waals surface area contributed by atoms with Gasteiger partial charge in [0.15, 0.2) is 0 Å². The van der Waals surface area contributed by atoms with E-state index >= 15 is 0 Å². The molecule has 3 heteroatoms. The second kappa shape index (κ2) is 4.95. The molecule has 3 aliphatic rings. The average Bonchev–Trinajstić information content (AvgIpc) is 2.73. The molecule has 2 nitrogen and oxygen atoms in total. The summed E-state index contributed by atoms with van der Waals surface area (Å²) in [5.74, 6) is 0.896. The van der Waals surface area contributed by atoms with Crippen molar-refractivity contribution in [3.8, 4) is 0 Å². The molecule has 2 saturated carbocycles. The summed E-state index contributed by atoms with van der Waals surface area (Å²) in [6, 6.07) is 1.48. The first kappa shape index (κ1) is 11.5. The standard InChI is InChI=1S/C13H23BrN2/c14-10-6-7-11-12(8-10)16-13(15-11)9-4-2-1-3-5-9/h9-13,15-16H,1-8H2. The highest BCUT2D eigenvalue weighted by atomic mass is 79.9. The summed E-state index contributed by atoms with van der Waals surface area (Å²) in [5.41, 5.74) is 0. The fourth-order valence-corrected chi connectivity index (χ4v) is 4.42. The van der Waals surface area contributed by atoms with Gasteiger partial charge in [-0.15, -0.1) is 0 Å². The fraction of sp³-hybridized carbons (Fsp3) is 1.00. The van der Waals surface area contributed by atoms with Crippen molar-refractivity contribution in [2.45, 2.75) is 74.4 Å². The first-order chi connectivity index (χ1) is 7.83. The zero-order valence-corrected chi connectivity index (χ0v) is 11.5. The van der Waals surface area contributed by atoms with Gasteiger partial charge in [-0.2, -0.15) is 0 Å². The molecule has 1 heterocycles. The van der Waals surface area contributed by atoms with E-state index in [1.807, 2.05) is 0 Å². The second-order valence-electron chi connectivity index (χ2n) is 5.83. The van der Waals surface area contributed by atoms with Crippen LogP contribution in [0.25, 0.3) is 0 Å². The molecule has 3 rings (SSSR count). The molecule has 0 amide bonds. The van der Waals surface area contributed by atoms with Gasteiger partial charge in [-0.25, -0.2) is 0 Å². The van der Waals surface area contributed by atoms with Crippen LogP contribution in [-0.4, -0.2) is 23.1 Å². The molecule has 2 aliphatic carbocycles. The Morgan fingerprint density at radius 2 is 1.56 bits per heavy atom. The number of hydrogen-bond acceptors (Lipinski definition) is 2. The minimum Gasteiger partial charge on any atom is -0.297 e. The predicted octanol–water partition coefficient (Wildman–Crippen LogP) is 2.77. The van der Waals surface area contributed by atoms with Crippen LogP contribution in [0.4, 0.5) is 0 Å². The van der Waals surface area contributed by atoms with Gasteiger partial charge in [-0.05, 0) is 38.0 Å². The van der Waals surface area contributed by atoms with Crippen LogP contribution >= 0.6 is 15.9 Å². The lowest BCUT2D eigenvalue weighted by Gasteiger charge is -2.28. The van der Waals surface area contributed by atoms with Crippen molar-refractivity contribution in [1.82, 2.24) is 10.6 Å². The molecule has 92 valence electrons. The topological polar surface area (TPSA) is 24.1 Å². The molecule has 0 aromatic rings. The van der Waals surface area contributed by atoms with E-state index in [1.165, 1.54) is 51.4 Å². The van der Waals surface area contributed by atoms with E-state index in [0.29, 0.717) is 6.17 Å². The third-order valence-corrected chi connectivity index (χ3v) is 5.53. The highest BCUT2D eigenvalue weighted by molar-refractivity contribution is 9.09. The van der Waals surface area contributed by atoms with E-state index in [-0.39, 0.29) is 0 Å². The van der Waals surface area contributed by atoms with Crippen molar-refractivity contribution < 1.29 is 0 Å². The molecule has 1 saturated heterocycles. The summed E-state index contributed by atoms with van der Waals surface area (Å²) in [7, 11) is 0. The van der Waals surface area contributed by atoms with E-state index in [9.17, 15) is 0 Å². The molecule has 4 unspecified atom stereocenters. The number of rotatable bonds is 1. The highest BCUT2D eigenvalue weighted by Gasteiger charge is 2.39. The maximum Gasteiger partial charge on any atom is 0.0606 e. The summed E-state index contributed by atoms with van der Waals surface area (Å²) in [6.45, 7) is 0. The van der Waals surface area contributed by atoms with Crippen LogP contribution in [0.5, 0.6) is 0 Å². The lowest BCUT2D eigenvalue weighted by atomic mass is 9.87. The van der Waals surface area contributed by atoms with Crippen molar-refractivity contribution in [3.63, 3.8) is 0 Å². The van der Waals surface area contributed by atoms with Crippen LogP contribution in [0.1, 0.15) is 51.4 Å². The maximum absolute atomic E-state index is 3.85. The molecule has 0 aromatic carbocycles. The number of fused-ring (bicyclic) bond motifs is 1. The molecule has 2 N–H and O–H groups in total. The number of alkyl halides is 1. The van der Waals surface area contributed by atoms with E-state index in [0.717, 1.165) is 22.8 Å². The Bertz CT molecular complexity index is 240. The number of halogens is 1. The first-order valence-corrected chi connectivity index (χ1v) is 7.90. The minimum atomic E-state index is 0.619. The summed E-state index contributed by atoms with van der Waals surface area (Å²) in [6.07, 6.45) is 11.8. The van der Waals surface area contributed by atoms with Crippen molar-refractivity contribution in [2.75, 3.05) is 0 Å². The quantitative estimate of drug-likeness (QED) is 0.725. The van der Waals surface area contributed by atoms with Gasteiger partial charge in [0.2, 0.25) is 0 Å². The van der Waals surface area contributed by atoms with Crippen LogP contribution in [0.15, 0.2) is 0 Å². The zero-order chi connectivity index (χ0) is 11.0. The fourth-order valence-electron chi connectivity index (χ4n) is 3.75. The maximum atomic E-state index is 3.85. The van der Waals surface area contributed by atoms with Crippen molar-refractivity contribution in [3.05, 3.63) is 0 Å². The van der Waals surface area contributed by atoms with Gasteiger partial charge >= 0.3 is 0 Å². The van der Waals surface area contributed by atoms with Gasteiger partial charge in [0.05, 0.1) is 6.17 Å². The SMILES string of the molecule is BrC1CCC2NC(C3CCCCC3)NC2C1. The molecule has 4 atom stereocenters. The molecule has 0 spiro atoms. The summed E-state index contributed by atoms with van der Waals surface area (Å²) in [5, 5.41) is 7.70. The van der Waals surface area contributed by atoms with Crippen LogP contribution in [-0.2, 0) is 0 Å². The minimum absolute atomic E-state index is 0.619. The summed E-state index contributed by atoms with van der Waals surface area (Å²) < 4.78 is 0. The van der Waals surface area contributed by atoms with Crippen LogP contribution in [0, 0.1) is 5.92 Å². The Morgan fingerprint density at radius 1 is 0.812 bits per heavy atom. The van der Waals surface area contributed by atoms with Gasteiger partial charge in [-0.1, -0.05) is 35.2 Å². The summed E-state index contributed by atoms with van der Waals surface area (Å²) >= 11 is 3.77. The van der Waals surface area contributed by atoms with E-state index < -0.39 is 0 Å². The van der Waals surface area contributed by atoms with Crippen molar-refractivity contribution in [1.29, 1.82) is 0 Å². The van der Waals surface area contributed by atoms with Crippen molar-refractivity contribution >= 4 is 15.9 Å². The molecular weight excluding hydrogens is 264 g/mol. The smallest absolute Gasteiger partial charge is 0.0606 e. The monoisotopic (exact) mass is 286 g/mol. The van der Waals surface area contributed by atoms with E-state index in [1.54, 1.807) is 0 Å². The van der Waals surface area contributed by atoms with Gasteiger partial charge in [0.1, 0.15) is 0 Å². The number of nitrogens with one attached hydrogen (secondary N) is 2. The molecule has 0 bridgehead atoms. The lowest BCUT2D eigenvalue weighted by Crippen LogP contribution is -2.41. The lowest BCUT2D eigenvalue weighted by molar-refractivity contribution is 0.264. The van der Waals surface area contributed by atoms with Gasteiger partial charge < -0.3 is 0 Å². The Hall–Kier alpha value is 0.400. The van der Waals surface area contributed by atoms with Gasteiger partial charge in [-0.3, -0.25) is 10.6 Å². The molecule has 16 heavy (non-hydrogen) atoms. The predicted molar refractivity (Wildman–Crippen MR) is 70.8 cm³/mol. The van der Waals surface area contributed by atoms with Crippen LogP contribution in [0.2, 0.25) is 0 Å². The number of hydrogen-bond donors (Lipinski definition) is 2. The third kappa shape index (κ3) is 2.32. The van der Waals surface area contributed by atoms with E-state index in [4.69, 9.17) is 0 Å². The van der Waals surface area contributed by atoms with E-state index in [2.05, 4.69) is 26.6 Å². The van der Waals surface area contributed by atoms with Crippen molar-refractivity contribution in [2.24, 2.45) is 5.92 Å². The largest absolute Gasteiger partial charge is 0.297 e.